The van der Waals surface area contributed by atoms with Crippen LogP contribution in [-0.4, -0.2) is 79.0 Å². The summed E-state index contributed by atoms with van der Waals surface area (Å²) in [7, 11) is -1.23. The van der Waals surface area contributed by atoms with Crippen molar-refractivity contribution in [2.24, 2.45) is 0 Å². The van der Waals surface area contributed by atoms with E-state index in [0.717, 1.165) is 25.7 Å². The second-order valence-corrected chi connectivity index (χ2v) is 9.91. The van der Waals surface area contributed by atoms with Gasteiger partial charge >= 0.3 is 5.97 Å². The molecule has 0 radical (unpaired) electrons. The van der Waals surface area contributed by atoms with Crippen LogP contribution in [0.25, 0.3) is 9.69 Å². The molecule has 0 aliphatic carbocycles. The first-order chi connectivity index (χ1) is 15.8. The van der Waals surface area contributed by atoms with Crippen LogP contribution in [0.1, 0.15) is 66.2 Å². The normalized spacial score (nSPS) is 16.8. The highest BCUT2D eigenvalue weighted by molar-refractivity contribution is 7.44. The molecule has 0 aromatic carbocycles. The van der Waals surface area contributed by atoms with E-state index >= 15 is 0 Å². The van der Waals surface area contributed by atoms with Gasteiger partial charge in [-0.25, -0.2) is 22.6 Å². The van der Waals surface area contributed by atoms with Crippen LogP contribution in [0.5, 0.6) is 0 Å². The van der Waals surface area contributed by atoms with E-state index in [4.69, 9.17) is 26.9 Å². The average Bonchev–Trinajstić information content (AvgIpc) is 3.25. The molecule has 2 atom stereocenters. The largest absolute Gasteiger partial charge is 0.456 e. The van der Waals surface area contributed by atoms with Gasteiger partial charge in [-0.05, 0) is 53.4 Å². The van der Waals surface area contributed by atoms with Crippen LogP contribution in [0.15, 0.2) is 0 Å². The van der Waals surface area contributed by atoms with Gasteiger partial charge in [0.25, 0.3) is 8.53 Å². The number of amides is 1. The van der Waals surface area contributed by atoms with Crippen LogP contribution in [0, 0.1) is 13.1 Å². The highest BCUT2D eigenvalue weighted by atomic mass is 31.2. The Kier molecular flexibility index (Phi) is 14.9. The molecule has 10 heteroatoms. The van der Waals surface area contributed by atoms with Gasteiger partial charge in [0.1, 0.15) is 12.6 Å². The SMILES string of the molecule is [C-]#[N+]CCOC(=O)C1CCCN1C(=O)CCCCCOP(OCC[N+]#[C-])N(C(C)C)C(C)C. The predicted octanol–water partition coefficient (Wildman–Crippen LogP) is 4.30. The number of ether oxygens (including phenoxy) is 1. The molecule has 2 unspecified atom stereocenters. The minimum atomic E-state index is -1.23. The summed E-state index contributed by atoms with van der Waals surface area (Å²) < 4.78 is 19.3. The lowest BCUT2D eigenvalue weighted by Crippen LogP contribution is -2.41. The Balaban J connectivity index is 2.39. The highest BCUT2D eigenvalue weighted by Crippen LogP contribution is 2.45. The van der Waals surface area contributed by atoms with Gasteiger partial charge in [0.2, 0.25) is 19.0 Å². The number of carbonyl (C=O) groups excluding carboxylic acids is 2. The molecule has 0 aromatic heterocycles. The van der Waals surface area contributed by atoms with E-state index in [-0.39, 0.29) is 31.1 Å². The molecule has 186 valence electrons. The number of nitrogens with zero attached hydrogens (tertiary/aromatic N) is 4. The van der Waals surface area contributed by atoms with E-state index < -0.39 is 20.5 Å². The molecule has 1 aliphatic rings. The third-order valence-corrected chi connectivity index (χ3v) is 7.29. The van der Waals surface area contributed by atoms with E-state index in [0.29, 0.717) is 39.1 Å². The van der Waals surface area contributed by atoms with Crippen molar-refractivity contribution >= 4 is 20.4 Å². The molecule has 0 saturated carbocycles. The molecule has 0 spiro atoms. The van der Waals surface area contributed by atoms with E-state index in [1.807, 2.05) is 0 Å². The zero-order chi connectivity index (χ0) is 24.6. The number of hydrogen-bond acceptors (Lipinski definition) is 6. The molecule has 1 amide bonds. The van der Waals surface area contributed by atoms with Gasteiger partial charge in [0, 0.05) is 25.0 Å². The van der Waals surface area contributed by atoms with Crippen molar-refractivity contribution in [3.05, 3.63) is 22.8 Å². The van der Waals surface area contributed by atoms with Gasteiger partial charge < -0.3 is 28.4 Å². The quantitative estimate of drug-likeness (QED) is 0.141. The first-order valence-electron chi connectivity index (χ1n) is 11.8. The zero-order valence-electron chi connectivity index (χ0n) is 20.5. The Bertz CT molecular complexity index is 669. The number of esters is 1. The standard InChI is InChI=1S/C23H39N4O5P/c1-19(2)27(20(3)4)33(32-18-14-25-6)31-16-9-7-8-12-22(28)26-15-10-11-21(26)23(29)30-17-13-24-5/h19-21H,7-18H2,1-4H3. The summed E-state index contributed by atoms with van der Waals surface area (Å²) in [6, 6.07) is 0.0204. The molecule has 9 nitrogen and oxygen atoms in total. The van der Waals surface area contributed by atoms with Crippen LogP contribution >= 0.6 is 8.53 Å². The summed E-state index contributed by atoms with van der Waals surface area (Å²) in [6.07, 6.45) is 4.19. The predicted molar refractivity (Wildman–Crippen MR) is 128 cm³/mol. The maximum absolute atomic E-state index is 12.6. The van der Waals surface area contributed by atoms with E-state index in [2.05, 4.69) is 42.1 Å². The number of likely N-dealkylation sites (tertiary alicyclic amines) is 1. The van der Waals surface area contributed by atoms with Crippen LogP contribution < -0.4 is 0 Å². The molecular formula is C23H39N4O5P. The minimum Gasteiger partial charge on any atom is -0.456 e. The molecular weight excluding hydrogens is 443 g/mol. The van der Waals surface area contributed by atoms with Crippen molar-refractivity contribution < 1.29 is 23.4 Å². The minimum absolute atomic E-state index is 0.0175. The Morgan fingerprint density at radius 2 is 1.64 bits per heavy atom. The molecule has 0 bridgehead atoms. The molecule has 1 saturated heterocycles. The Labute approximate surface area is 200 Å². The van der Waals surface area contributed by atoms with E-state index in [1.165, 1.54) is 0 Å². The van der Waals surface area contributed by atoms with Gasteiger partial charge in [-0.3, -0.25) is 4.79 Å². The maximum Gasteiger partial charge on any atom is 0.329 e. The molecule has 1 aliphatic heterocycles. The fourth-order valence-electron chi connectivity index (χ4n) is 3.75. The van der Waals surface area contributed by atoms with Crippen LogP contribution in [0.4, 0.5) is 0 Å². The van der Waals surface area contributed by atoms with Crippen molar-refractivity contribution in [3.63, 3.8) is 0 Å². The third-order valence-electron chi connectivity index (χ3n) is 5.18. The fourth-order valence-corrected chi connectivity index (χ4v) is 5.37. The van der Waals surface area contributed by atoms with Gasteiger partial charge in [-0.1, -0.05) is 6.42 Å². The smallest absolute Gasteiger partial charge is 0.329 e. The molecule has 1 fully saturated rings. The molecule has 0 N–H and O–H groups in total. The van der Waals surface area contributed by atoms with Crippen LogP contribution in [0.3, 0.4) is 0 Å². The summed E-state index contributed by atoms with van der Waals surface area (Å²) >= 11 is 0. The molecule has 33 heavy (non-hydrogen) atoms. The first-order valence-corrected chi connectivity index (χ1v) is 12.9. The molecule has 1 rings (SSSR count). The Hall–Kier alpha value is -1.77. The fraction of sp³-hybridized carbons (Fsp3) is 0.826. The zero-order valence-corrected chi connectivity index (χ0v) is 21.4. The number of rotatable bonds is 16. The number of hydrogen-bond donors (Lipinski definition) is 0. The van der Waals surface area contributed by atoms with Crippen molar-refractivity contribution in [3.8, 4) is 0 Å². The first kappa shape index (κ1) is 29.3. The number of unbranched alkanes of at least 4 members (excludes halogenated alkanes) is 2. The monoisotopic (exact) mass is 482 g/mol. The molecule has 1 heterocycles. The van der Waals surface area contributed by atoms with E-state index in [9.17, 15) is 9.59 Å². The van der Waals surface area contributed by atoms with E-state index in [1.54, 1.807) is 4.90 Å². The summed E-state index contributed by atoms with van der Waals surface area (Å²) in [5, 5.41) is 0. The van der Waals surface area contributed by atoms with Gasteiger partial charge in [0.15, 0.2) is 6.61 Å². The summed E-state index contributed by atoms with van der Waals surface area (Å²) in [5.41, 5.74) is 0. The third kappa shape index (κ3) is 10.8. The Morgan fingerprint density at radius 3 is 2.27 bits per heavy atom. The van der Waals surface area contributed by atoms with Gasteiger partial charge in [-0.15, -0.1) is 0 Å². The van der Waals surface area contributed by atoms with Gasteiger partial charge in [-0.2, -0.15) is 0 Å². The lowest BCUT2D eigenvalue weighted by atomic mass is 10.1. The van der Waals surface area contributed by atoms with Crippen molar-refractivity contribution in [1.29, 1.82) is 0 Å². The second-order valence-electron chi connectivity index (χ2n) is 8.46. The molecule has 0 aromatic rings. The summed E-state index contributed by atoms with van der Waals surface area (Å²) in [6.45, 7) is 24.1. The average molecular weight is 483 g/mol. The second kappa shape index (κ2) is 16.8. The maximum atomic E-state index is 12.6. The van der Waals surface area contributed by atoms with Crippen molar-refractivity contribution in [1.82, 2.24) is 9.57 Å². The lowest BCUT2D eigenvalue weighted by molar-refractivity contribution is -0.153. The van der Waals surface area contributed by atoms with Crippen LogP contribution in [-0.2, 0) is 23.4 Å². The topological polar surface area (TPSA) is 77.0 Å². The van der Waals surface area contributed by atoms with Crippen molar-refractivity contribution in [2.45, 2.75) is 84.3 Å². The highest BCUT2D eigenvalue weighted by Gasteiger charge is 2.35. The number of carbonyl (C=O) groups is 2. The lowest BCUT2D eigenvalue weighted by Gasteiger charge is -2.35. The van der Waals surface area contributed by atoms with Crippen LogP contribution in [0.2, 0.25) is 0 Å². The Morgan fingerprint density at radius 1 is 1.00 bits per heavy atom. The summed E-state index contributed by atoms with van der Waals surface area (Å²) in [4.78, 5) is 32.9. The summed E-state index contributed by atoms with van der Waals surface area (Å²) in [5.74, 6) is -0.416. The van der Waals surface area contributed by atoms with Crippen molar-refractivity contribution in [2.75, 3.05) is 39.5 Å². The van der Waals surface area contributed by atoms with Gasteiger partial charge in [0.05, 0.1) is 6.61 Å².